The molecule has 2 aromatic carbocycles. The first-order valence-electron chi connectivity index (χ1n) is 9.96. The topological polar surface area (TPSA) is 24.8 Å². The van der Waals surface area contributed by atoms with Gasteiger partial charge in [-0.2, -0.15) is 5.10 Å². The number of ether oxygens (including phenoxy) is 1. The van der Waals surface area contributed by atoms with Crippen molar-refractivity contribution in [3.8, 4) is 5.75 Å². The highest BCUT2D eigenvalue weighted by Gasteiger charge is 2.51. The largest absolute Gasteiger partial charge is 0.466 e. The predicted molar refractivity (Wildman–Crippen MR) is 109 cm³/mol. The fourth-order valence-electron chi connectivity index (χ4n) is 4.76. The van der Waals surface area contributed by atoms with Gasteiger partial charge in [0.25, 0.3) is 0 Å². The molecular weight excluding hydrogens is 356 g/mol. The smallest absolute Gasteiger partial charge is 0.198 e. The highest BCUT2D eigenvalue weighted by molar-refractivity contribution is 6.30. The summed E-state index contributed by atoms with van der Waals surface area (Å²) in [6.45, 7) is 4.49. The van der Waals surface area contributed by atoms with E-state index < -0.39 is 0 Å². The van der Waals surface area contributed by atoms with Gasteiger partial charge in [-0.15, -0.1) is 0 Å². The Morgan fingerprint density at radius 1 is 1.11 bits per heavy atom. The van der Waals surface area contributed by atoms with Crippen molar-refractivity contribution in [1.82, 2.24) is 5.01 Å². The zero-order valence-corrected chi connectivity index (χ0v) is 16.7. The fourth-order valence-corrected chi connectivity index (χ4v) is 4.89. The normalized spacial score (nSPS) is 29.1. The molecule has 4 heteroatoms. The second-order valence-electron chi connectivity index (χ2n) is 8.39. The Morgan fingerprint density at radius 2 is 1.85 bits per heavy atom. The van der Waals surface area contributed by atoms with Gasteiger partial charge in [-0.3, -0.25) is 0 Å². The third-order valence-electron chi connectivity index (χ3n) is 6.39. The molecule has 0 saturated heterocycles. The summed E-state index contributed by atoms with van der Waals surface area (Å²) in [4.78, 5) is 0. The Hall–Kier alpha value is -2.00. The summed E-state index contributed by atoms with van der Waals surface area (Å²) in [6, 6.07) is 14.9. The van der Waals surface area contributed by atoms with Gasteiger partial charge in [0.05, 0.1) is 11.8 Å². The molecule has 140 valence electrons. The summed E-state index contributed by atoms with van der Waals surface area (Å²) in [5.41, 5.74) is 4.53. The van der Waals surface area contributed by atoms with Crippen molar-refractivity contribution in [2.24, 2.45) is 11.0 Å². The first-order chi connectivity index (χ1) is 13.0. The number of fused-ring (bicyclic) bond motifs is 4. The number of rotatable bonds is 1. The molecule has 1 spiro atoms. The lowest BCUT2D eigenvalue weighted by Crippen LogP contribution is -2.55. The van der Waals surface area contributed by atoms with Gasteiger partial charge in [-0.25, -0.2) is 5.01 Å². The Morgan fingerprint density at radius 3 is 2.59 bits per heavy atom. The standard InChI is InChI=1S/C23H25ClN2O/c1-15-9-11-23(12-10-15)26-21(19-13-16(2)3-8-22(19)27-23)14-20(25-26)17-4-6-18(24)7-5-17/h3-8,13,15,21H,9-12,14H2,1-2H3/t15?,21-,23?/m0/s1. The van der Waals surface area contributed by atoms with Gasteiger partial charge in [-0.1, -0.05) is 48.4 Å². The fraction of sp³-hybridized carbons (Fsp3) is 0.435. The van der Waals surface area contributed by atoms with Crippen LogP contribution in [0.15, 0.2) is 47.6 Å². The molecule has 1 fully saturated rings. The van der Waals surface area contributed by atoms with Crippen molar-refractivity contribution in [1.29, 1.82) is 0 Å². The predicted octanol–water partition coefficient (Wildman–Crippen LogP) is 6.10. The van der Waals surface area contributed by atoms with Crippen molar-refractivity contribution in [2.75, 3.05) is 0 Å². The Labute approximate surface area is 166 Å². The van der Waals surface area contributed by atoms with Crippen molar-refractivity contribution in [2.45, 2.75) is 57.7 Å². The summed E-state index contributed by atoms with van der Waals surface area (Å²) in [6.07, 6.45) is 5.37. The molecule has 5 rings (SSSR count). The lowest BCUT2D eigenvalue weighted by Gasteiger charge is -2.50. The summed E-state index contributed by atoms with van der Waals surface area (Å²) in [7, 11) is 0. The van der Waals surface area contributed by atoms with E-state index in [4.69, 9.17) is 21.4 Å². The molecule has 27 heavy (non-hydrogen) atoms. The number of aryl methyl sites for hydroxylation is 1. The minimum Gasteiger partial charge on any atom is -0.466 e. The minimum atomic E-state index is -0.298. The Kier molecular flexibility index (Phi) is 3.98. The maximum Gasteiger partial charge on any atom is 0.198 e. The van der Waals surface area contributed by atoms with Crippen LogP contribution in [0.5, 0.6) is 5.75 Å². The Bertz CT molecular complexity index is 897. The molecular formula is C23H25ClN2O. The molecule has 2 aromatic rings. The molecule has 2 heterocycles. The van der Waals surface area contributed by atoms with Crippen LogP contribution in [-0.2, 0) is 0 Å². The average Bonchev–Trinajstić information content (AvgIpc) is 3.12. The van der Waals surface area contributed by atoms with Crippen molar-refractivity contribution < 1.29 is 4.74 Å². The lowest BCUT2D eigenvalue weighted by atomic mass is 9.82. The van der Waals surface area contributed by atoms with E-state index in [9.17, 15) is 0 Å². The first kappa shape index (κ1) is 17.1. The van der Waals surface area contributed by atoms with Crippen LogP contribution in [0.25, 0.3) is 0 Å². The number of halogens is 1. The molecule has 0 amide bonds. The van der Waals surface area contributed by atoms with E-state index >= 15 is 0 Å². The zero-order valence-electron chi connectivity index (χ0n) is 15.9. The lowest BCUT2D eigenvalue weighted by molar-refractivity contribution is -0.145. The van der Waals surface area contributed by atoms with Crippen LogP contribution in [0.2, 0.25) is 5.02 Å². The number of nitrogens with zero attached hydrogens (tertiary/aromatic N) is 2. The summed E-state index contributed by atoms with van der Waals surface area (Å²) >= 11 is 6.08. The minimum absolute atomic E-state index is 0.257. The van der Waals surface area contributed by atoms with E-state index in [0.29, 0.717) is 0 Å². The van der Waals surface area contributed by atoms with Crippen LogP contribution in [0.4, 0.5) is 0 Å². The van der Waals surface area contributed by atoms with Gasteiger partial charge in [0.15, 0.2) is 5.72 Å². The van der Waals surface area contributed by atoms with Crippen LogP contribution in [0.1, 0.15) is 61.8 Å². The molecule has 0 radical (unpaired) electrons. The third-order valence-corrected chi connectivity index (χ3v) is 6.64. The molecule has 1 aliphatic carbocycles. The van der Waals surface area contributed by atoms with E-state index in [2.05, 4.69) is 49.2 Å². The number of hydrogen-bond donors (Lipinski definition) is 0. The van der Waals surface area contributed by atoms with E-state index in [1.807, 2.05) is 12.1 Å². The number of benzene rings is 2. The quantitative estimate of drug-likeness (QED) is 0.597. The van der Waals surface area contributed by atoms with Gasteiger partial charge in [0, 0.05) is 29.8 Å². The highest BCUT2D eigenvalue weighted by atomic mass is 35.5. The molecule has 0 bridgehead atoms. The van der Waals surface area contributed by atoms with Gasteiger partial charge in [0.2, 0.25) is 0 Å². The van der Waals surface area contributed by atoms with Crippen molar-refractivity contribution in [3.05, 3.63) is 64.2 Å². The van der Waals surface area contributed by atoms with E-state index in [1.165, 1.54) is 24.0 Å². The zero-order chi connectivity index (χ0) is 18.6. The molecule has 1 saturated carbocycles. The van der Waals surface area contributed by atoms with Crippen molar-refractivity contribution in [3.63, 3.8) is 0 Å². The highest BCUT2D eigenvalue weighted by Crippen LogP contribution is 2.52. The van der Waals surface area contributed by atoms with Crippen LogP contribution < -0.4 is 4.74 Å². The summed E-state index contributed by atoms with van der Waals surface area (Å²) in [5, 5.41) is 8.18. The van der Waals surface area contributed by atoms with Crippen LogP contribution >= 0.6 is 11.6 Å². The maximum absolute atomic E-state index is 6.68. The second kappa shape index (κ2) is 6.27. The van der Waals surface area contributed by atoms with Gasteiger partial charge >= 0.3 is 0 Å². The third kappa shape index (κ3) is 2.84. The molecule has 0 aromatic heterocycles. The average molecular weight is 381 g/mol. The summed E-state index contributed by atoms with van der Waals surface area (Å²) < 4.78 is 6.68. The van der Waals surface area contributed by atoms with Gasteiger partial charge in [0.1, 0.15) is 5.75 Å². The van der Waals surface area contributed by atoms with Crippen LogP contribution in [0, 0.1) is 12.8 Å². The van der Waals surface area contributed by atoms with Crippen LogP contribution in [-0.4, -0.2) is 16.4 Å². The monoisotopic (exact) mass is 380 g/mol. The van der Waals surface area contributed by atoms with Crippen molar-refractivity contribution >= 4 is 17.3 Å². The second-order valence-corrected chi connectivity index (χ2v) is 8.83. The Balaban J connectivity index is 1.58. The molecule has 0 N–H and O–H groups in total. The van der Waals surface area contributed by atoms with E-state index in [-0.39, 0.29) is 11.8 Å². The first-order valence-corrected chi connectivity index (χ1v) is 10.3. The van der Waals surface area contributed by atoms with E-state index in [1.54, 1.807) is 0 Å². The molecule has 3 aliphatic rings. The molecule has 3 nitrogen and oxygen atoms in total. The van der Waals surface area contributed by atoms with Crippen LogP contribution in [0.3, 0.4) is 0 Å². The maximum atomic E-state index is 6.68. The van der Waals surface area contributed by atoms with Gasteiger partial charge < -0.3 is 4.74 Å². The van der Waals surface area contributed by atoms with E-state index in [0.717, 1.165) is 47.2 Å². The SMILES string of the molecule is Cc1ccc2c(c1)[C@@H]1CC(c3ccc(Cl)cc3)=NN1C1(CCC(C)CC1)O2. The number of hydrogen-bond acceptors (Lipinski definition) is 3. The molecule has 0 unspecified atom stereocenters. The number of hydrazone groups is 1. The van der Waals surface area contributed by atoms with Gasteiger partial charge in [-0.05, 0) is 49.4 Å². The summed E-state index contributed by atoms with van der Waals surface area (Å²) in [5.74, 6) is 1.81. The molecule has 1 atom stereocenters. The molecule has 2 aliphatic heterocycles.